The van der Waals surface area contributed by atoms with Crippen LogP contribution in [0.4, 0.5) is 0 Å². The van der Waals surface area contributed by atoms with Gasteiger partial charge in [0.15, 0.2) is 0 Å². The van der Waals surface area contributed by atoms with Crippen LogP contribution in [0.5, 0.6) is 0 Å². The van der Waals surface area contributed by atoms with E-state index in [0.717, 1.165) is 16.7 Å². The number of oxime groups is 1. The summed E-state index contributed by atoms with van der Waals surface area (Å²) in [5.74, 6) is 0.457. The van der Waals surface area contributed by atoms with Crippen molar-refractivity contribution >= 4 is 17.3 Å². The highest BCUT2D eigenvalue weighted by Gasteiger charge is 2.14. The van der Waals surface area contributed by atoms with E-state index in [-0.39, 0.29) is 12.3 Å². The molecule has 1 aromatic heterocycles. The molecule has 1 heterocycles. The van der Waals surface area contributed by atoms with Crippen molar-refractivity contribution in [3.8, 4) is 5.69 Å². The summed E-state index contributed by atoms with van der Waals surface area (Å²) in [6, 6.07) is 15.4. The summed E-state index contributed by atoms with van der Waals surface area (Å²) in [7, 11) is 1.55. The third kappa shape index (κ3) is 6.25. The van der Waals surface area contributed by atoms with E-state index in [4.69, 9.17) is 9.57 Å². The van der Waals surface area contributed by atoms with Crippen LogP contribution < -0.4 is 5.69 Å². The molecule has 0 unspecified atom stereocenters. The molecule has 3 rings (SSSR count). The van der Waals surface area contributed by atoms with Crippen molar-refractivity contribution in [2.45, 2.75) is 47.3 Å². The first kappa shape index (κ1) is 24.6. The monoisotopic (exact) mass is 463 g/mol. The van der Waals surface area contributed by atoms with Gasteiger partial charge in [0.25, 0.3) is 0 Å². The molecule has 10 nitrogen and oxygen atoms in total. The maximum absolute atomic E-state index is 12.3. The van der Waals surface area contributed by atoms with Crippen molar-refractivity contribution in [1.82, 2.24) is 19.8 Å². The molecule has 34 heavy (non-hydrogen) atoms. The van der Waals surface area contributed by atoms with Gasteiger partial charge < -0.3 is 9.57 Å². The number of aryl methyl sites for hydroxylation is 2. The Hall–Kier alpha value is -4.08. The molecule has 0 aliphatic carbocycles. The molecule has 3 aromatic rings. The van der Waals surface area contributed by atoms with Crippen molar-refractivity contribution in [2.75, 3.05) is 0 Å². The Balaban J connectivity index is 1.69. The van der Waals surface area contributed by atoms with E-state index in [9.17, 15) is 4.79 Å². The summed E-state index contributed by atoms with van der Waals surface area (Å²) < 4.78 is 8.37. The van der Waals surface area contributed by atoms with Gasteiger partial charge in [-0.15, -0.1) is 5.10 Å². The molecular weight excluding hydrogens is 434 g/mol. The Morgan fingerprint density at radius 3 is 2.41 bits per heavy atom. The topological polar surface area (TPSA) is 108 Å². The minimum atomic E-state index is -0.333. The zero-order valence-electron chi connectivity index (χ0n) is 20.1. The highest BCUT2D eigenvalue weighted by molar-refractivity contribution is 6.40. The van der Waals surface area contributed by atoms with Gasteiger partial charge in [0.1, 0.15) is 13.2 Å². The van der Waals surface area contributed by atoms with Crippen molar-refractivity contribution in [2.24, 2.45) is 22.4 Å². The average Bonchev–Trinajstić information content (AvgIpc) is 3.18. The largest absolute Gasteiger partial charge is 0.475 e. The van der Waals surface area contributed by atoms with E-state index in [1.165, 1.54) is 9.36 Å². The fourth-order valence-electron chi connectivity index (χ4n) is 2.94. The lowest BCUT2D eigenvalue weighted by atomic mass is 10.1. The number of benzene rings is 2. The summed E-state index contributed by atoms with van der Waals surface area (Å²) in [6.45, 7) is 8.08. The number of hydrogen-bond acceptors (Lipinski definition) is 8. The summed E-state index contributed by atoms with van der Waals surface area (Å²) >= 11 is 0. The van der Waals surface area contributed by atoms with Crippen LogP contribution in [0.2, 0.25) is 0 Å². The fourth-order valence-corrected chi connectivity index (χ4v) is 2.94. The minimum absolute atomic E-state index is 0.208. The third-order valence-electron chi connectivity index (χ3n) is 5.13. The fraction of sp³-hybridized carbons (Fsp3) is 0.333. The van der Waals surface area contributed by atoms with E-state index in [1.807, 2.05) is 69.3 Å². The second-order valence-electron chi connectivity index (χ2n) is 7.63. The zero-order chi connectivity index (χ0) is 24.5. The van der Waals surface area contributed by atoms with E-state index >= 15 is 0 Å². The van der Waals surface area contributed by atoms with Crippen LogP contribution in [0, 0.1) is 6.92 Å². The van der Waals surface area contributed by atoms with Crippen LogP contribution in [0.15, 0.2) is 68.7 Å². The van der Waals surface area contributed by atoms with Crippen molar-refractivity contribution < 1.29 is 9.57 Å². The maximum Gasteiger partial charge on any atom is 0.368 e. The molecule has 2 aromatic carbocycles. The molecule has 0 saturated heterocycles. The number of rotatable bonds is 9. The first-order valence-corrected chi connectivity index (χ1v) is 10.9. The summed E-state index contributed by atoms with van der Waals surface area (Å²) in [5, 5.41) is 20.3. The van der Waals surface area contributed by atoms with Gasteiger partial charge in [0, 0.05) is 19.0 Å². The molecule has 0 aliphatic heterocycles. The summed E-state index contributed by atoms with van der Waals surface area (Å²) in [4.78, 5) is 17.7. The van der Waals surface area contributed by atoms with E-state index in [0.29, 0.717) is 36.0 Å². The van der Waals surface area contributed by atoms with Gasteiger partial charge in [-0.2, -0.15) is 14.5 Å². The molecular formula is C24H29N7O3. The minimum Gasteiger partial charge on any atom is -0.475 e. The van der Waals surface area contributed by atoms with Crippen LogP contribution in [0.1, 0.15) is 43.9 Å². The van der Waals surface area contributed by atoms with Gasteiger partial charge in [-0.3, -0.25) is 0 Å². The lowest BCUT2D eigenvalue weighted by Crippen LogP contribution is -2.23. The van der Waals surface area contributed by atoms with Crippen LogP contribution in [0.3, 0.4) is 0 Å². The molecule has 10 heteroatoms. The van der Waals surface area contributed by atoms with Crippen LogP contribution in [-0.4, -0.2) is 37.1 Å². The smallest absolute Gasteiger partial charge is 0.368 e. The molecule has 0 spiro atoms. The Morgan fingerprint density at radius 1 is 0.971 bits per heavy atom. The second-order valence-corrected chi connectivity index (χ2v) is 7.63. The molecule has 178 valence electrons. The SMILES string of the molecule is CCC(=NN=C(C)C(C)=NOCc1ccccc1)OCc1c(C)cccc1-n1nnn(C)c1=O. The normalized spacial score (nSPS) is 12.7. The first-order chi connectivity index (χ1) is 16.4. The Kier molecular flexibility index (Phi) is 8.44. The van der Waals surface area contributed by atoms with Crippen molar-refractivity contribution in [3.63, 3.8) is 0 Å². The third-order valence-corrected chi connectivity index (χ3v) is 5.13. The van der Waals surface area contributed by atoms with Gasteiger partial charge >= 0.3 is 5.69 Å². The Bertz CT molecular complexity index is 1260. The molecule has 0 fully saturated rings. The van der Waals surface area contributed by atoms with Crippen molar-refractivity contribution in [1.29, 1.82) is 0 Å². The highest BCUT2D eigenvalue weighted by atomic mass is 16.6. The quantitative estimate of drug-likeness (QED) is 0.274. The van der Waals surface area contributed by atoms with Crippen LogP contribution in [-0.2, 0) is 29.8 Å². The molecule has 0 aliphatic rings. The number of ether oxygens (including phenoxy) is 1. The van der Waals surface area contributed by atoms with E-state index in [2.05, 4.69) is 25.8 Å². The number of nitrogens with zero attached hydrogens (tertiary/aromatic N) is 7. The molecule has 0 atom stereocenters. The predicted octanol–water partition coefficient (Wildman–Crippen LogP) is 3.57. The predicted molar refractivity (Wildman–Crippen MR) is 131 cm³/mol. The van der Waals surface area contributed by atoms with E-state index in [1.54, 1.807) is 14.0 Å². The number of tetrazole rings is 1. The summed E-state index contributed by atoms with van der Waals surface area (Å²) in [5.41, 5.74) is 4.34. The van der Waals surface area contributed by atoms with E-state index < -0.39 is 0 Å². The molecule has 0 saturated carbocycles. The van der Waals surface area contributed by atoms with Gasteiger partial charge in [0.2, 0.25) is 5.90 Å². The highest BCUT2D eigenvalue weighted by Crippen LogP contribution is 2.18. The second kappa shape index (κ2) is 11.7. The van der Waals surface area contributed by atoms with Gasteiger partial charge in [0.05, 0.1) is 17.1 Å². The van der Waals surface area contributed by atoms with Crippen molar-refractivity contribution in [3.05, 3.63) is 75.7 Å². The molecule has 0 amide bonds. The Labute approximate surface area is 198 Å². The molecule has 0 radical (unpaired) electrons. The maximum atomic E-state index is 12.3. The first-order valence-electron chi connectivity index (χ1n) is 10.9. The van der Waals surface area contributed by atoms with Crippen LogP contribution in [0.25, 0.3) is 5.69 Å². The number of hydrogen-bond donors (Lipinski definition) is 0. The lowest BCUT2D eigenvalue weighted by molar-refractivity contribution is 0.131. The average molecular weight is 464 g/mol. The number of aromatic nitrogens is 4. The standard InChI is InChI=1S/C24H29N7O3/c1-6-23(26-25-18(3)19(4)27-34-15-20-12-8-7-9-13-20)33-16-21-17(2)11-10-14-22(21)31-24(32)30(5)28-29-31/h7-14H,6,15-16H2,1-5H3. The van der Waals surface area contributed by atoms with Gasteiger partial charge in [-0.1, -0.05) is 54.5 Å². The summed E-state index contributed by atoms with van der Waals surface area (Å²) in [6.07, 6.45) is 0.545. The molecule has 0 bridgehead atoms. The zero-order valence-corrected chi connectivity index (χ0v) is 20.1. The molecule has 0 N–H and O–H groups in total. The van der Waals surface area contributed by atoms with Gasteiger partial charge in [-0.25, -0.2) is 4.79 Å². The van der Waals surface area contributed by atoms with Gasteiger partial charge in [-0.05, 0) is 48.4 Å². The van der Waals surface area contributed by atoms with Crippen LogP contribution >= 0.6 is 0 Å². The Morgan fingerprint density at radius 2 is 1.74 bits per heavy atom. The lowest BCUT2D eigenvalue weighted by Gasteiger charge is -2.13.